The quantitative estimate of drug-likeness (QED) is 0.339. The molecule has 1 aromatic carbocycles. The van der Waals surface area contributed by atoms with Gasteiger partial charge in [-0.2, -0.15) is 23.3 Å². The molecule has 1 aliphatic rings. The highest BCUT2D eigenvalue weighted by Gasteiger charge is 2.37. The van der Waals surface area contributed by atoms with Gasteiger partial charge in [-0.05, 0) is 56.4 Å². The molecule has 6 nitrogen and oxygen atoms in total. The summed E-state index contributed by atoms with van der Waals surface area (Å²) in [6.45, 7) is 1.73. The Hall–Kier alpha value is -3.63. The molecule has 0 amide bonds. The minimum absolute atomic E-state index is 0.0721. The molecular weight excluding hydrogens is 479 g/mol. The summed E-state index contributed by atoms with van der Waals surface area (Å²) in [6.07, 6.45) is 3.78. The number of hydrogen-bond donors (Lipinski definition) is 0. The van der Waals surface area contributed by atoms with Crippen molar-refractivity contribution in [2.45, 2.75) is 44.8 Å². The van der Waals surface area contributed by atoms with Crippen LogP contribution >= 0.6 is 0 Å². The van der Waals surface area contributed by atoms with Crippen LogP contribution in [-0.4, -0.2) is 37.3 Å². The van der Waals surface area contributed by atoms with Gasteiger partial charge in [0.05, 0.1) is 10.9 Å². The smallest absolute Gasteiger partial charge is 0.337 e. The first kappa shape index (κ1) is 24.1. The molecule has 188 valence electrons. The van der Waals surface area contributed by atoms with E-state index in [2.05, 4.69) is 25.0 Å². The lowest BCUT2D eigenvalue weighted by molar-refractivity contribution is -0.140. The van der Waals surface area contributed by atoms with Gasteiger partial charge in [-0.3, -0.25) is 4.98 Å². The Bertz CT molecular complexity index is 1420. The van der Waals surface area contributed by atoms with Crippen LogP contribution in [0.5, 0.6) is 0 Å². The Balaban J connectivity index is 1.56. The molecule has 4 heterocycles. The molecule has 3 aromatic heterocycles. The van der Waals surface area contributed by atoms with Crippen molar-refractivity contribution in [3.63, 3.8) is 0 Å². The van der Waals surface area contributed by atoms with Crippen molar-refractivity contribution in [2.24, 2.45) is 7.05 Å². The largest absolute Gasteiger partial charge is 0.419 e. The number of fused-ring (bicyclic) bond motifs is 1. The van der Waals surface area contributed by atoms with E-state index in [0.29, 0.717) is 17.7 Å². The van der Waals surface area contributed by atoms with Crippen molar-refractivity contribution in [1.82, 2.24) is 24.7 Å². The van der Waals surface area contributed by atoms with Crippen molar-refractivity contribution in [3.05, 3.63) is 65.1 Å². The normalized spacial score (nSPS) is 16.6. The molecule has 0 bridgehead atoms. The van der Waals surface area contributed by atoms with Gasteiger partial charge in [0.2, 0.25) is 5.95 Å². The molecule has 36 heavy (non-hydrogen) atoms. The maximum absolute atomic E-state index is 15.0. The molecular formula is C25H23F5N6. The third-order valence-corrected chi connectivity index (χ3v) is 6.65. The first-order valence-electron chi connectivity index (χ1n) is 11.6. The van der Waals surface area contributed by atoms with E-state index in [1.54, 1.807) is 19.4 Å². The van der Waals surface area contributed by atoms with Gasteiger partial charge in [-0.1, -0.05) is 0 Å². The minimum Gasteiger partial charge on any atom is -0.337 e. The Morgan fingerprint density at radius 3 is 2.56 bits per heavy atom. The van der Waals surface area contributed by atoms with E-state index in [1.165, 1.54) is 10.9 Å². The lowest BCUT2D eigenvalue weighted by Gasteiger charge is -2.36. The highest BCUT2D eigenvalue weighted by atomic mass is 19.4. The van der Waals surface area contributed by atoms with Gasteiger partial charge in [-0.15, -0.1) is 0 Å². The number of halogens is 5. The average Bonchev–Trinajstić information content (AvgIpc) is 3.18. The van der Waals surface area contributed by atoms with E-state index >= 15 is 0 Å². The van der Waals surface area contributed by atoms with E-state index < -0.39 is 34.5 Å². The molecule has 11 heteroatoms. The maximum Gasteiger partial charge on any atom is 0.419 e. The third kappa shape index (κ3) is 4.27. The summed E-state index contributed by atoms with van der Waals surface area (Å²) < 4.78 is 70.8. The molecule has 1 unspecified atom stereocenters. The van der Waals surface area contributed by atoms with Gasteiger partial charge in [0.25, 0.3) is 0 Å². The van der Waals surface area contributed by atoms with Crippen LogP contribution in [0.25, 0.3) is 22.3 Å². The first-order chi connectivity index (χ1) is 17.1. The summed E-state index contributed by atoms with van der Waals surface area (Å²) in [5.41, 5.74) is -1.29. The second-order valence-corrected chi connectivity index (χ2v) is 9.00. The second-order valence-electron chi connectivity index (χ2n) is 9.00. The van der Waals surface area contributed by atoms with Gasteiger partial charge in [0.1, 0.15) is 17.3 Å². The van der Waals surface area contributed by atoms with Crippen molar-refractivity contribution >= 4 is 17.0 Å². The first-order valence-corrected chi connectivity index (χ1v) is 11.6. The SMILES string of the molecule is Cc1c(F)c(-c2nn(C)c3nc(N4CCCCC4Cc4ccncc4)ncc23)cc(C(F)(F)F)c1F. The highest BCUT2D eigenvalue weighted by molar-refractivity contribution is 5.91. The lowest BCUT2D eigenvalue weighted by Crippen LogP contribution is -2.42. The molecule has 1 fully saturated rings. The van der Waals surface area contributed by atoms with Crippen molar-refractivity contribution in [3.8, 4) is 11.3 Å². The van der Waals surface area contributed by atoms with Crippen LogP contribution in [-0.2, 0) is 19.6 Å². The zero-order valence-electron chi connectivity index (χ0n) is 19.7. The van der Waals surface area contributed by atoms with Crippen LogP contribution in [0.2, 0.25) is 0 Å². The Morgan fingerprint density at radius 2 is 1.83 bits per heavy atom. The zero-order chi connectivity index (χ0) is 25.6. The number of piperidine rings is 1. The van der Waals surface area contributed by atoms with Gasteiger partial charge in [-0.25, -0.2) is 18.4 Å². The number of rotatable bonds is 4. The van der Waals surface area contributed by atoms with Crippen molar-refractivity contribution in [2.75, 3.05) is 11.4 Å². The molecule has 0 N–H and O–H groups in total. The predicted molar refractivity (Wildman–Crippen MR) is 124 cm³/mol. The summed E-state index contributed by atoms with van der Waals surface area (Å²) in [4.78, 5) is 15.3. The topological polar surface area (TPSA) is 59.7 Å². The number of alkyl halides is 3. The summed E-state index contributed by atoms with van der Waals surface area (Å²) in [5.74, 6) is -2.26. The van der Waals surface area contributed by atoms with Crippen LogP contribution in [0.4, 0.5) is 27.9 Å². The monoisotopic (exact) mass is 502 g/mol. The Morgan fingerprint density at radius 1 is 1.08 bits per heavy atom. The number of aromatic nitrogens is 5. The highest BCUT2D eigenvalue weighted by Crippen LogP contribution is 2.39. The van der Waals surface area contributed by atoms with Crippen molar-refractivity contribution < 1.29 is 22.0 Å². The van der Waals surface area contributed by atoms with E-state index in [1.807, 2.05) is 12.1 Å². The molecule has 0 saturated carbocycles. The van der Waals surface area contributed by atoms with E-state index in [9.17, 15) is 22.0 Å². The number of hydrogen-bond acceptors (Lipinski definition) is 5. The van der Waals surface area contributed by atoms with Crippen LogP contribution < -0.4 is 4.90 Å². The van der Waals surface area contributed by atoms with Crippen molar-refractivity contribution in [1.29, 1.82) is 0 Å². The number of pyridine rings is 1. The maximum atomic E-state index is 15.0. The lowest BCUT2D eigenvalue weighted by atomic mass is 9.96. The Labute approximate surface area is 203 Å². The number of nitrogens with zero attached hydrogens (tertiary/aromatic N) is 6. The zero-order valence-corrected chi connectivity index (χ0v) is 19.7. The van der Waals surface area contributed by atoms with E-state index in [0.717, 1.165) is 44.7 Å². The fourth-order valence-corrected chi connectivity index (χ4v) is 4.78. The third-order valence-electron chi connectivity index (χ3n) is 6.65. The molecule has 5 rings (SSSR count). The summed E-state index contributed by atoms with van der Waals surface area (Å²) >= 11 is 0. The Kier molecular flexibility index (Phi) is 6.09. The minimum atomic E-state index is -4.98. The molecule has 0 radical (unpaired) electrons. The molecule has 0 spiro atoms. The standard InChI is InChI=1S/C25H23F5N6/c1-14-20(26)17(12-19(21(14)27)25(28,29)30)22-18-13-32-24(33-23(18)35(2)34-22)36-10-4-3-5-16(36)11-15-6-8-31-9-7-15/h6-9,12-13,16H,3-5,10-11H2,1-2H3. The average molecular weight is 502 g/mol. The molecule has 0 aliphatic carbocycles. The van der Waals surface area contributed by atoms with Gasteiger partial charge in [0, 0.05) is 49.4 Å². The summed E-state index contributed by atoms with van der Waals surface area (Å²) in [6, 6.07) is 4.57. The number of anilines is 1. The van der Waals surface area contributed by atoms with Gasteiger partial charge in [0.15, 0.2) is 5.65 Å². The fourth-order valence-electron chi connectivity index (χ4n) is 4.78. The van der Waals surface area contributed by atoms with E-state index in [4.69, 9.17) is 0 Å². The van der Waals surface area contributed by atoms with Crippen LogP contribution in [0.15, 0.2) is 36.8 Å². The van der Waals surface area contributed by atoms with Crippen LogP contribution in [0, 0.1) is 18.6 Å². The summed E-state index contributed by atoms with van der Waals surface area (Å²) in [5, 5.41) is 4.53. The van der Waals surface area contributed by atoms with Crippen LogP contribution in [0.1, 0.15) is 36.0 Å². The molecule has 1 saturated heterocycles. The van der Waals surface area contributed by atoms with Gasteiger partial charge >= 0.3 is 6.18 Å². The summed E-state index contributed by atoms with van der Waals surface area (Å²) in [7, 11) is 1.58. The van der Waals surface area contributed by atoms with Gasteiger partial charge < -0.3 is 4.90 Å². The van der Waals surface area contributed by atoms with E-state index in [-0.39, 0.29) is 17.1 Å². The fraction of sp³-hybridized carbons (Fsp3) is 0.360. The number of aryl methyl sites for hydroxylation is 1. The second kappa shape index (κ2) is 9.11. The molecule has 4 aromatic rings. The van der Waals surface area contributed by atoms with Crippen LogP contribution in [0.3, 0.4) is 0 Å². The number of benzene rings is 1. The molecule has 1 atom stereocenters. The predicted octanol–water partition coefficient (Wildman–Crippen LogP) is 5.63. The molecule has 1 aliphatic heterocycles.